The van der Waals surface area contributed by atoms with Gasteiger partial charge in [0, 0.05) is 0 Å². The molecule has 0 saturated heterocycles. The predicted molar refractivity (Wildman–Crippen MR) is 117 cm³/mol. The van der Waals surface area contributed by atoms with E-state index in [1.807, 2.05) is 13.0 Å². The van der Waals surface area contributed by atoms with E-state index in [2.05, 4.69) is 58.0 Å². The minimum Gasteiger partial charge on any atom is -0.239 e. The molecule has 27 heavy (non-hydrogen) atoms. The van der Waals surface area contributed by atoms with Gasteiger partial charge in [0.2, 0.25) is 0 Å². The van der Waals surface area contributed by atoms with Gasteiger partial charge in [-0.25, -0.2) is 4.39 Å². The Morgan fingerprint density at radius 2 is 1.74 bits per heavy atom. The summed E-state index contributed by atoms with van der Waals surface area (Å²) < 4.78 is 14.3. The van der Waals surface area contributed by atoms with Crippen molar-refractivity contribution in [3.63, 3.8) is 0 Å². The van der Waals surface area contributed by atoms with Crippen molar-refractivity contribution in [1.82, 2.24) is 0 Å². The van der Waals surface area contributed by atoms with Crippen molar-refractivity contribution >= 4 is 6.08 Å². The van der Waals surface area contributed by atoms with Crippen molar-refractivity contribution in [3.05, 3.63) is 74.8 Å². The van der Waals surface area contributed by atoms with Crippen LogP contribution in [0, 0.1) is 13.8 Å². The molecule has 0 aliphatic heterocycles. The summed E-state index contributed by atoms with van der Waals surface area (Å²) >= 11 is 0. The molecule has 0 aliphatic rings. The maximum absolute atomic E-state index is 14.3. The van der Waals surface area contributed by atoms with Crippen molar-refractivity contribution in [2.75, 3.05) is 0 Å². The quantitative estimate of drug-likeness (QED) is 0.471. The first-order chi connectivity index (χ1) is 12.7. The summed E-state index contributed by atoms with van der Waals surface area (Å²) in [6.07, 6.45) is 6.63. The second-order valence-corrected chi connectivity index (χ2v) is 8.33. The molecule has 0 amide bonds. The van der Waals surface area contributed by atoms with Crippen LogP contribution in [0.1, 0.15) is 80.0 Å². The minimum atomic E-state index is -1.29. The van der Waals surface area contributed by atoms with Crippen molar-refractivity contribution in [1.29, 1.82) is 0 Å². The van der Waals surface area contributed by atoms with Gasteiger partial charge in [-0.05, 0) is 92.8 Å². The van der Waals surface area contributed by atoms with Crippen LogP contribution in [0.25, 0.3) is 6.08 Å². The van der Waals surface area contributed by atoms with E-state index in [0.29, 0.717) is 0 Å². The Bertz CT molecular complexity index is 819. The smallest absolute Gasteiger partial charge is 0.130 e. The molecule has 2 aromatic carbocycles. The van der Waals surface area contributed by atoms with E-state index in [1.165, 1.54) is 33.4 Å². The Morgan fingerprint density at radius 1 is 1.04 bits per heavy atom. The first-order valence-electron chi connectivity index (χ1n) is 10.2. The fourth-order valence-electron chi connectivity index (χ4n) is 4.03. The Hall–Kier alpha value is -1.89. The van der Waals surface area contributed by atoms with Crippen LogP contribution in [0.5, 0.6) is 0 Å². The standard InChI is InChI=1S/C26H35F/c1-8-10-23-22(9-2)13-11-19(4)24(23)16-18(3)15-21-12-14-25(20(5)17-21)26(6,7)27/h11-14,16-17H,8-10,15H2,1-7H3/b18-16+. The van der Waals surface area contributed by atoms with Crippen LogP contribution in [-0.2, 0) is 24.9 Å². The average Bonchev–Trinajstić information content (AvgIpc) is 2.57. The molecule has 0 atom stereocenters. The maximum atomic E-state index is 14.3. The van der Waals surface area contributed by atoms with E-state index in [1.54, 1.807) is 13.8 Å². The van der Waals surface area contributed by atoms with Crippen molar-refractivity contribution in [2.24, 2.45) is 0 Å². The van der Waals surface area contributed by atoms with Gasteiger partial charge in [-0.1, -0.05) is 62.2 Å². The topological polar surface area (TPSA) is 0 Å². The zero-order chi connectivity index (χ0) is 20.2. The molecule has 0 nitrogen and oxygen atoms in total. The van der Waals surface area contributed by atoms with Gasteiger partial charge in [0.05, 0.1) is 0 Å². The lowest BCUT2D eigenvalue weighted by atomic mass is 9.89. The largest absolute Gasteiger partial charge is 0.239 e. The second kappa shape index (κ2) is 8.87. The summed E-state index contributed by atoms with van der Waals surface area (Å²) in [6.45, 7) is 14.2. The van der Waals surface area contributed by atoms with E-state index in [9.17, 15) is 4.39 Å². The fourth-order valence-corrected chi connectivity index (χ4v) is 4.03. The minimum absolute atomic E-state index is 0.782. The van der Waals surface area contributed by atoms with Gasteiger partial charge in [0.25, 0.3) is 0 Å². The third kappa shape index (κ3) is 5.31. The lowest BCUT2D eigenvalue weighted by molar-refractivity contribution is 0.220. The Labute approximate surface area is 165 Å². The Kier molecular flexibility index (Phi) is 7.03. The number of rotatable bonds is 7. The van der Waals surface area contributed by atoms with Gasteiger partial charge in [-0.3, -0.25) is 0 Å². The van der Waals surface area contributed by atoms with Crippen LogP contribution in [0.2, 0.25) is 0 Å². The molecule has 0 N–H and O–H groups in total. The molecule has 0 aliphatic carbocycles. The number of hydrogen-bond acceptors (Lipinski definition) is 0. The lowest BCUT2D eigenvalue weighted by Crippen LogP contribution is -2.11. The summed E-state index contributed by atoms with van der Waals surface area (Å²) in [7, 11) is 0. The van der Waals surface area contributed by atoms with Crippen molar-refractivity contribution in [2.45, 2.75) is 79.8 Å². The van der Waals surface area contributed by atoms with Gasteiger partial charge >= 0.3 is 0 Å². The maximum Gasteiger partial charge on any atom is 0.130 e. The van der Waals surface area contributed by atoms with E-state index < -0.39 is 5.67 Å². The van der Waals surface area contributed by atoms with Crippen molar-refractivity contribution in [3.8, 4) is 0 Å². The number of hydrogen-bond donors (Lipinski definition) is 0. The van der Waals surface area contributed by atoms with Crippen LogP contribution in [0.4, 0.5) is 4.39 Å². The molecule has 0 saturated carbocycles. The average molecular weight is 367 g/mol. The molecule has 0 unspecified atom stereocenters. The number of halogens is 1. The molecule has 2 rings (SSSR count). The molecular weight excluding hydrogens is 331 g/mol. The molecule has 0 fully saturated rings. The molecular formula is C26H35F. The first kappa shape index (κ1) is 21.4. The molecule has 2 aromatic rings. The monoisotopic (exact) mass is 366 g/mol. The second-order valence-electron chi connectivity index (χ2n) is 8.33. The predicted octanol–water partition coefficient (Wildman–Crippen LogP) is 7.67. The highest BCUT2D eigenvalue weighted by Gasteiger charge is 2.20. The summed E-state index contributed by atoms with van der Waals surface area (Å²) in [4.78, 5) is 0. The van der Waals surface area contributed by atoms with Gasteiger partial charge in [0.1, 0.15) is 5.67 Å². The van der Waals surface area contributed by atoms with Crippen LogP contribution in [0.15, 0.2) is 35.9 Å². The molecule has 0 heterocycles. The van der Waals surface area contributed by atoms with Crippen LogP contribution in [0.3, 0.4) is 0 Å². The van der Waals surface area contributed by atoms with Crippen LogP contribution in [-0.4, -0.2) is 0 Å². The number of alkyl halides is 1. The SMILES string of the molecule is CCCc1c(CC)ccc(C)c1/C=C(\C)Cc1ccc(C(C)(C)F)c(C)c1. The third-order valence-electron chi connectivity index (χ3n) is 5.36. The van der Waals surface area contributed by atoms with Crippen LogP contribution >= 0.6 is 0 Å². The number of benzene rings is 2. The summed E-state index contributed by atoms with van der Waals surface area (Å²) in [5.74, 6) is 0. The highest BCUT2D eigenvalue weighted by atomic mass is 19.1. The number of aryl methyl sites for hydroxylation is 3. The molecule has 1 heteroatoms. The molecule has 0 bridgehead atoms. The van der Waals surface area contributed by atoms with E-state index >= 15 is 0 Å². The van der Waals surface area contributed by atoms with E-state index in [4.69, 9.17) is 0 Å². The third-order valence-corrected chi connectivity index (χ3v) is 5.36. The van der Waals surface area contributed by atoms with Gasteiger partial charge < -0.3 is 0 Å². The Balaban J connectivity index is 2.35. The zero-order valence-corrected chi connectivity index (χ0v) is 18.2. The van der Waals surface area contributed by atoms with Crippen molar-refractivity contribution < 1.29 is 4.39 Å². The molecule has 0 radical (unpaired) electrons. The summed E-state index contributed by atoms with van der Waals surface area (Å²) in [5.41, 5.74) is 8.82. The summed E-state index contributed by atoms with van der Waals surface area (Å²) in [5, 5.41) is 0. The molecule has 0 spiro atoms. The zero-order valence-electron chi connectivity index (χ0n) is 18.2. The number of allylic oxidation sites excluding steroid dienone is 1. The lowest BCUT2D eigenvalue weighted by Gasteiger charge is -2.18. The first-order valence-corrected chi connectivity index (χ1v) is 10.2. The summed E-state index contributed by atoms with van der Waals surface area (Å²) in [6, 6.07) is 10.7. The van der Waals surface area contributed by atoms with Gasteiger partial charge in [-0.2, -0.15) is 0 Å². The van der Waals surface area contributed by atoms with Crippen LogP contribution < -0.4 is 0 Å². The highest BCUT2D eigenvalue weighted by molar-refractivity contribution is 5.62. The molecule has 0 aromatic heterocycles. The fraction of sp³-hybridized carbons (Fsp3) is 0.462. The van der Waals surface area contributed by atoms with E-state index in [-0.39, 0.29) is 0 Å². The molecule has 146 valence electrons. The Morgan fingerprint density at radius 3 is 2.30 bits per heavy atom. The van der Waals surface area contributed by atoms with E-state index in [0.717, 1.165) is 36.8 Å². The normalized spacial score (nSPS) is 12.5. The van der Waals surface area contributed by atoms with Gasteiger partial charge in [-0.15, -0.1) is 0 Å². The highest BCUT2D eigenvalue weighted by Crippen LogP contribution is 2.29. The van der Waals surface area contributed by atoms with Gasteiger partial charge in [0.15, 0.2) is 0 Å².